The van der Waals surface area contributed by atoms with Gasteiger partial charge in [-0.1, -0.05) is 6.07 Å². The van der Waals surface area contributed by atoms with Crippen molar-refractivity contribution in [3.05, 3.63) is 70.0 Å². The van der Waals surface area contributed by atoms with Crippen LogP contribution in [-0.4, -0.2) is 43.5 Å². The van der Waals surface area contributed by atoms with Gasteiger partial charge in [-0.15, -0.1) is 0 Å². The van der Waals surface area contributed by atoms with Crippen LogP contribution in [0.5, 0.6) is 0 Å². The summed E-state index contributed by atoms with van der Waals surface area (Å²) in [5.74, 6) is -1.25. The van der Waals surface area contributed by atoms with Crippen molar-refractivity contribution < 1.29 is 28.0 Å². The molecule has 0 bridgehead atoms. The van der Waals surface area contributed by atoms with Crippen molar-refractivity contribution in [1.29, 1.82) is 0 Å². The van der Waals surface area contributed by atoms with Crippen LogP contribution in [0.1, 0.15) is 22.3 Å². The Morgan fingerprint density at radius 1 is 1.26 bits per heavy atom. The third-order valence-corrected chi connectivity index (χ3v) is 3.95. The summed E-state index contributed by atoms with van der Waals surface area (Å²) in [4.78, 5) is 26.3. The SMILES string of the molecule is O=C(c1ccc([N+](=O)[O-])cc1)N1N=C(c2cccnc2)C[C@@]1(O)C(F)(F)F. The molecule has 0 unspecified atom stereocenters. The zero-order valence-corrected chi connectivity index (χ0v) is 13.4. The number of carbonyl (C=O) groups is 1. The van der Waals surface area contributed by atoms with Gasteiger partial charge in [-0.2, -0.15) is 23.3 Å². The fourth-order valence-corrected chi connectivity index (χ4v) is 2.52. The summed E-state index contributed by atoms with van der Waals surface area (Å²) in [5, 5.41) is 24.5. The van der Waals surface area contributed by atoms with Crippen LogP contribution < -0.4 is 0 Å². The molecule has 0 spiro atoms. The van der Waals surface area contributed by atoms with Crippen LogP contribution >= 0.6 is 0 Å². The number of nitro groups is 1. The molecule has 0 saturated heterocycles. The Hall–Kier alpha value is -3.34. The standard InChI is InChI=1S/C16H11F3N4O4/c17-16(18,19)15(25)8-13(11-2-1-7-20-9-11)21-22(15)14(24)10-3-5-12(6-4-10)23(26)27/h1-7,9,25H,8H2/t15-/m1/s1. The summed E-state index contributed by atoms with van der Waals surface area (Å²) in [7, 11) is 0. The highest BCUT2D eigenvalue weighted by atomic mass is 19.4. The van der Waals surface area contributed by atoms with Crippen LogP contribution in [0.2, 0.25) is 0 Å². The van der Waals surface area contributed by atoms with E-state index in [2.05, 4.69) is 10.1 Å². The number of aromatic nitrogens is 1. The average molecular weight is 380 g/mol. The lowest BCUT2D eigenvalue weighted by molar-refractivity contribution is -0.384. The first kappa shape index (κ1) is 18.5. The molecule has 1 aromatic carbocycles. The average Bonchev–Trinajstić information content (AvgIpc) is 3.01. The minimum atomic E-state index is -5.18. The number of rotatable bonds is 3. The van der Waals surface area contributed by atoms with E-state index in [4.69, 9.17) is 0 Å². The number of nitro benzene ring substituents is 1. The van der Waals surface area contributed by atoms with Crippen molar-refractivity contribution in [3.8, 4) is 0 Å². The molecule has 2 aromatic rings. The number of pyridine rings is 1. The largest absolute Gasteiger partial charge is 0.438 e. The van der Waals surface area contributed by atoms with E-state index in [-0.39, 0.29) is 27.5 Å². The second-order valence-corrected chi connectivity index (χ2v) is 5.70. The molecule has 27 heavy (non-hydrogen) atoms. The van der Waals surface area contributed by atoms with Crippen LogP contribution in [0.15, 0.2) is 53.9 Å². The molecule has 0 saturated carbocycles. The Kier molecular flexibility index (Phi) is 4.39. The Morgan fingerprint density at radius 3 is 2.44 bits per heavy atom. The molecule has 1 amide bonds. The molecule has 0 radical (unpaired) electrons. The van der Waals surface area contributed by atoms with Crippen LogP contribution in [-0.2, 0) is 0 Å². The molecule has 1 aliphatic rings. The number of hydrazone groups is 1. The highest BCUT2D eigenvalue weighted by Gasteiger charge is 2.63. The van der Waals surface area contributed by atoms with Gasteiger partial charge in [0.1, 0.15) is 0 Å². The molecule has 1 N–H and O–H groups in total. The van der Waals surface area contributed by atoms with E-state index >= 15 is 0 Å². The number of benzene rings is 1. The van der Waals surface area contributed by atoms with Gasteiger partial charge >= 0.3 is 6.18 Å². The summed E-state index contributed by atoms with van der Waals surface area (Å²) < 4.78 is 40.5. The summed E-state index contributed by atoms with van der Waals surface area (Å²) in [6.45, 7) is 0. The Morgan fingerprint density at radius 2 is 1.93 bits per heavy atom. The van der Waals surface area contributed by atoms with Crippen molar-refractivity contribution in [3.63, 3.8) is 0 Å². The van der Waals surface area contributed by atoms with Gasteiger partial charge in [0.05, 0.1) is 17.1 Å². The smallest absolute Gasteiger partial charge is 0.362 e. The lowest BCUT2D eigenvalue weighted by Crippen LogP contribution is -2.56. The van der Waals surface area contributed by atoms with E-state index < -0.39 is 29.2 Å². The van der Waals surface area contributed by atoms with Crippen molar-refractivity contribution in [2.75, 3.05) is 0 Å². The molecule has 1 aliphatic heterocycles. The number of non-ortho nitro benzene ring substituents is 1. The molecule has 0 fully saturated rings. The minimum absolute atomic E-state index is 0.0451. The van der Waals surface area contributed by atoms with Crippen LogP contribution in [0.25, 0.3) is 0 Å². The molecule has 2 heterocycles. The number of alkyl halides is 3. The predicted molar refractivity (Wildman–Crippen MR) is 85.7 cm³/mol. The quantitative estimate of drug-likeness (QED) is 0.650. The lowest BCUT2D eigenvalue weighted by Gasteiger charge is -2.32. The highest BCUT2D eigenvalue weighted by Crippen LogP contribution is 2.42. The van der Waals surface area contributed by atoms with Crippen molar-refractivity contribution >= 4 is 17.3 Å². The monoisotopic (exact) mass is 380 g/mol. The van der Waals surface area contributed by atoms with Gasteiger partial charge < -0.3 is 5.11 Å². The van der Waals surface area contributed by atoms with E-state index in [9.17, 15) is 33.2 Å². The van der Waals surface area contributed by atoms with Crippen LogP contribution in [0, 0.1) is 10.1 Å². The second kappa shape index (κ2) is 6.43. The van der Waals surface area contributed by atoms with Crippen molar-refractivity contribution in [1.82, 2.24) is 9.99 Å². The van der Waals surface area contributed by atoms with Crippen molar-refractivity contribution in [2.24, 2.45) is 5.10 Å². The van der Waals surface area contributed by atoms with Gasteiger partial charge in [0, 0.05) is 35.7 Å². The van der Waals surface area contributed by atoms with Gasteiger partial charge in [0.15, 0.2) is 0 Å². The zero-order chi connectivity index (χ0) is 19.8. The number of amides is 1. The molecule has 1 atom stereocenters. The van der Waals surface area contributed by atoms with Crippen molar-refractivity contribution in [2.45, 2.75) is 18.3 Å². The van der Waals surface area contributed by atoms with E-state index in [1.165, 1.54) is 24.5 Å². The number of nitrogens with zero attached hydrogens (tertiary/aromatic N) is 4. The fraction of sp³-hybridized carbons (Fsp3) is 0.188. The van der Waals surface area contributed by atoms with Crippen LogP contribution in [0.3, 0.4) is 0 Å². The van der Waals surface area contributed by atoms with E-state index in [0.29, 0.717) is 0 Å². The van der Waals surface area contributed by atoms with Crippen LogP contribution in [0.4, 0.5) is 18.9 Å². The number of aliphatic hydroxyl groups is 1. The Balaban J connectivity index is 2.01. The summed E-state index contributed by atoms with van der Waals surface area (Å²) in [6.07, 6.45) is -3.48. The topological polar surface area (TPSA) is 109 Å². The maximum absolute atomic E-state index is 13.5. The fourth-order valence-electron chi connectivity index (χ4n) is 2.52. The normalized spacial score (nSPS) is 19.7. The van der Waals surface area contributed by atoms with Gasteiger partial charge in [0.25, 0.3) is 17.3 Å². The predicted octanol–water partition coefficient (Wildman–Crippen LogP) is 2.49. The number of hydrogen-bond acceptors (Lipinski definition) is 6. The first-order valence-electron chi connectivity index (χ1n) is 7.49. The molecule has 8 nitrogen and oxygen atoms in total. The highest BCUT2D eigenvalue weighted by molar-refractivity contribution is 6.05. The summed E-state index contributed by atoms with van der Waals surface area (Å²) in [6, 6.07) is 6.86. The zero-order valence-electron chi connectivity index (χ0n) is 13.4. The molecular weight excluding hydrogens is 369 g/mol. The number of carbonyl (C=O) groups excluding carboxylic acids is 1. The lowest BCUT2D eigenvalue weighted by atomic mass is 10.0. The Bertz CT molecular complexity index is 916. The van der Waals surface area contributed by atoms with Gasteiger partial charge in [-0.3, -0.25) is 19.9 Å². The second-order valence-electron chi connectivity index (χ2n) is 5.70. The summed E-state index contributed by atoms with van der Waals surface area (Å²) in [5.41, 5.74) is -4.12. The maximum Gasteiger partial charge on any atom is 0.438 e. The Labute approximate surface area is 149 Å². The third kappa shape index (κ3) is 3.24. The molecule has 11 heteroatoms. The summed E-state index contributed by atoms with van der Waals surface area (Å²) >= 11 is 0. The molecule has 1 aromatic heterocycles. The van der Waals surface area contributed by atoms with E-state index in [0.717, 1.165) is 24.3 Å². The van der Waals surface area contributed by atoms with Gasteiger partial charge in [0.2, 0.25) is 0 Å². The molecular formula is C16H11F3N4O4. The van der Waals surface area contributed by atoms with Gasteiger partial charge in [-0.05, 0) is 18.2 Å². The molecule has 3 rings (SSSR count). The first-order chi connectivity index (χ1) is 12.6. The molecule has 0 aliphatic carbocycles. The number of hydrogen-bond donors (Lipinski definition) is 1. The number of halogens is 3. The molecule has 140 valence electrons. The van der Waals surface area contributed by atoms with Gasteiger partial charge in [-0.25, -0.2) is 0 Å². The maximum atomic E-state index is 13.5. The van der Waals surface area contributed by atoms with E-state index in [1.807, 2.05) is 0 Å². The minimum Gasteiger partial charge on any atom is -0.362 e. The third-order valence-electron chi connectivity index (χ3n) is 3.95. The first-order valence-corrected chi connectivity index (χ1v) is 7.49. The van der Waals surface area contributed by atoms with E-state index in [1.54, 1.807) is 0 Å².